The number of imidazole rings is 2. The van der Waals surface area contributed by atoms with Crippen LogP contribution in [0.5, 0.6) is 11.5 Å². The molecule has 16 heteroatoms. The maximum atomic E-state index is 6.22. The Morgan fingerprint density at radius 2 is 1.35 bits per heavy atom. The Labute approximate surface area is 302 Å². The first kappa shape index (κ1) is 34.8. The Morgan fingerprint density at radius 3 is 2.00 bits per heavy atom. The third-order valence-electron chi connectivity index (χ3n) is 7.72. The monoisotopic (exact) mass is 742 g/mol. The summed E-state index contributed by atoms with van der Waals surface area (Å²) in [5.41, 5.74) is 4.25. The van der Waals surface area contributed by atoms with E-state index < -0.39 is 0 Å². The van der Waals surface area contributed by atoms with Gasteiger partial charge in [0.05, 0.1) is 37.2 Å². The van der Waals surface area contributed by atoms with E-state index in [1.165, 1.54) is 12.8 Å². The lowest BCUT2D eigenvalue weighted by Gasteiger charge is -2.14. The predicted octanol–water partition coefficient (Wildman–Crippen LogP) is 9.10. The first-order chi connectivity index (χ1) is 24.0. The first-order valence-electron chi connectivity index (χ1n) is 15.9. The number of alkyl halides is 2. The zero-order valence-corrected chi connectivity index (χ0v) is 29.4. The number of fused-ring (bicyclic) bond motifs is 2. The number of benzene rings is 2. The van der Waals surface area contributed by atoms with Crippen molar-refractivity contribution in [2.45, 2.75) is 44.6 Å². The van der Waals surface area contributed by atoms with Gasteiger partial charge in [-0.2, -0.15) is 19.9 Å². The van der Waals surface area contributed by atoms with Crippen molar-refractivity contribution in [1.82, 2.24) is 39.5 Å². The molecule has 0 spiro atoms. The van der Waals surface area contributed by atoms with Crippen LogP contribution in [0.1, 0.15) is 44.6 Å². The lowest BCUT2D eigenvalue weighted by molar-refractivity contribution is 0.320. The van der Waals surface area contributed by atoms with Gasteiger partial charge in [-0.25, -0.2) is 9.97 Å². The van der Waals surface area contributed by atoms with E-state index in [9.17, 15) is 0 Å². The molecule has 1 aliphatic carbocycles. The number of rotatable bonds is 13. The van der Waals surface area contributed by atoms with Gasteiger partial charge >= 0.3 is 0 Å². The second-order valence-electron chi connectivity index (χ2n) is 11.1. The van der Waals surface area contributed by atoms with Gasteiger partial charge in [0.2, 0.25) is 10.6 Å². The van der Waals surface area contributed by atoms with Crippen LogP contribution in [-0.4, -0.2) is 64.4 Å². The summed E-state index contributed by atoms with van der Waals surface area (Å²) < 4.78 is 13.7. The number of halogens is 4. The summed E-state index contributed by atoms with van der Waals surface area (Å²) in [5.74, 6) is 3.70. The summed E-state index contributed by atoms with van der Waals surface area (Å²) in [6, 6.07) is 15.7. The highest BCUT2D eigenvalue weighted by atomic mass is 35.5. The molecule has 7 rings (SSSR count). The minimum atomic E-state index is 0.127. The lowest BCUT2D eigenvalue weighted by Crippen LogP contribution is -2.06. The molecule has 1 aliphatic rings. The van der Waals surface area contributed by atoms with Crippen molar-refractivity contribution in [2.24, 2.45) is 0 Å². The molecule has 4 aromatic heterocycles. The molecule has 256 valence electrons. The zero-order chi connectivity index (χ0) is 34.0. The Balaban J connectivity index is 0.000000174. The molecule has 49 heavy (non-hydrogen) atoms. The van der Waals surface area contributed by atoms with Crippen LogP contribution in [0.25, 0.3) is 22.3 Å². The number of hydrogen-bond donors (Lipinski definition) is 3. The number of aromatic nitrogens is 8. The Kier molecular flexibility index (Phi) is 12.1. The molecule has 0 amide bonds. The van der Waals surface area contributed by atoms with Crippen molar-refractivity contribution in [1.29, 1.82) is 0 Å². The zero-order valence-electron chi connectivity index (χ0n) is 26.4. The van der Waals surface area contributed by atoms with Crippen molar-refractivity contribution in [3.8, 4) is 11.5 Å². The molecule has 1 saturated carbocycles. The van der Waals surface area contributed by atoms with Crippen LogP contribution in [0, 0.1) is 0 Å². The number of hydrogen-bond acceptors (Lipinski definition) is 10. The van der Waals surface area contributed by atoms with Crippen LogP contribution in [0.2, 0.25) is 10.6 Å². The van der Waals surface area contributed by atoms with Crippen LogP contribution in [0.3, 0.4) is 0 Å². The standard InChI is InChI=1S/C19H21Cl2N5O.C14H13Cl2N5O/c20-10-5-11-27-15-9-4-3-8-14(15)23-17-16-18(25-19(21)24-17)26(12-22-16)13-6-1-2-7-13;15-6-3-7-22-10-5-2-1-4-9(10)19-13-11-12(18-8-17-11)20-14(16)21-13/h3-4,8-9,12-13H,1-2,5-7,10-11H2,(H,23,24,25);1-2,4-5,8H,3,6-7H2,(H2,17,18,19,20,21). The molecule has 6 aromatic rings. The number of ether oxygens (including phenoxy) is 2. The Bertz CT molecular complexity index is 1980. The molecule has 0 unspecified atom stereocenters. The van der Waals surface area contributed by atoms with Gasteiger partial charge in [0.1, 0.15) is 17.0 Å². The second kappa shape index (κ2) is 17.0. The summed E-state index contributed by atoms with van der Waals surface area (Å²) >= 11 is 23.6. The maximum absolute atomic E-state index is 6.22. The normalized spacial score (nSPS) is 13.0. The lowest BCUT2D eigenvalue weighted by atomic mass is 10.2. The number of nitrogens with one attached hydrogen (secondary N) is 3. The fourth-order valence-corrected chi connectivity index (χ4v) is 5.99. The van der Waals surface area contributed by atoms with Crippen LogP contribution in [0.4, 0.5) is 23.0 Å². The second-order valence-corrected chi connectivity index (χ2v) is 12.5. The topological polar surface area (TPSA) is 141 Å². The number of nitrogens with zero attached hydrogens (tertiary/aromatic N) is 7. The summed E-state index contributed by atoms with van der Waals surface area (Å²) in [7, 11) is 0. The van der Waals surface area contributed by atoms with Crippen molar-refractivity contribution < 1.29 is 9.47 Å². The van der Waals surface area contributed by atoms with E-state index in [2.05, 4.69) is 50.1 Å². The average molecular weight is 745 g/mol. The van der Waals surface area contributed by atoms with Gasteiger partial charge in [-0.05, 0) is 73.2 Å². The molecular formula is C33H34Cl4N10O2. The highest BCUT2D eigenvalue weighted by Gasteiger charge is 2.22. The highest BCUT2D eigenvalue weighted by molar-refractivity contribution is 6.29. The van der Waals surface area contributed by atoms with E-state index >= 15 is 0 Å². The van der Waals surface area contributed by atoms with Crippen LogP contribution >= 0.6 is 46.4 Å². The summed E-state index contributed by atoms with van der Waals surface area (Å²) in [5, 5.41) is 6.85. The summed E-state index contributed by atoms with van der Waals surface area (Å²) in [4.78, 5) is 28.7. The molecule has 0 atom stereocenters. The van der Waals surface area contributed by atoms with E-state index in [1.807, 2.05) is 54.9 Å². The maximum Gasteiger partial charge on any atom is 0.226 e. The Morgan fingerprint density at radius 1 is 0.755 bits per heavy atom. The van der Waals surface area contributed by atoms with E-state index in [0.717, 1.165) is 54.2 Å². The number of anilines is 4. The molecular weight excluding hydrogens is 710 g/mol. The van der Waals surface area contributed by atoms with Crippen LogP contribution in [0.15, 0.2) is 61.2 Å². The van der Waals surface area contributed by atoms with Gasteiger partial charge in [0, 0.05) is 17.8 Å². The smallest absolute Gasteiger partial charge is 0.226 e. The highest BCUT2D eigenvalue weighted by Crippen LogP contribution is 2.35. The van der Waals surface area contributed by atoms with Crippen molar-refractivity contribution in [3.63, 3.8) is 0 Å². The van der Waals surface area contributed by atoms with Gasteiger partial charge in [-0.3, -0.25) is 0 Å². The van der Waals surface area contributed by atoms with E-state index in [-0.39, 0.29) is 10.6 Å². The molecule has 0 radical (unpaired) electrons. The van der Waals surface area contributed by atoms with Gasteiger partial charge < -0.3 is 29.7 Å². The largest absolute Gasteiger partial charge is 0.491 e. The van der Waals surface area contributed by atoms with Gasteiger partial charge in [-0.15, -0.1) is 23.2 Å². The molecule has 1 fully saturated rings. The average Bonchev–Trinajstić information content (AvgIpc) is 3.89. The minimum absolute atomic E-state index is 0.127. The Hall–Kier alpha value is -4.10. The summed E-state index contributed by atoms with van der Waals surface area (Å²) in [6.07, 6.45) is 9.72. The minimum Gasteiger partial charge on any atom is -0.491 e. The van der Waals surface area contributed by atoms with E-state index in [1.54, 1.807) is 6.33 Å². The molecule has 4 heterocycles. The predicted molar refractivity (Wildman–Crippen MR) is 196 cm³/mol. The fraction of sp³-hybridized carbons (Fsp3) is 0.333. The third-order valence-corrected chi connectivity index (χ3v) is 8.59. The SMILES string of the molecule is ClCCCOc1ccccc1Nc1nc(Cl)nc2c1ncn2C1CCCC1.ClCCCOc1ccccc1Nc1nc(Cl)nc2nc[nH]c12. The summed E-state index contributed by atoms with van der Waals surface area (Å²) in [6.45, 7) is 1.10. The number of H-pyrrole nitrogens is 1. The quantitative estimate of drug-likeness (QED) is 0.0596. The molecule has 0 aliphatic heterocycles. The van der Waals surface area contributed by atoms with E-state index in [0.29, 0.717) is 59.3 Å². The molecule has 0 saturated heterocycles. The van der Waals surface area contributed by atoms with Crippen LogP contribution < -0.4 is 20.1 Å². The van der Waals surface area contributed by atoms with Crippen molar-refractivity contribution in [3.05, 3.63) is 71.8 Å². The number of para-hydroxylation sites is 4. The van der Waals surface area contributed by atoms with Gasteiger partial charge in [-0.1, -0.05) is 37.1 Å². The van der Waals surface area contributed by atoms with Gasteiger partial charge in [0.15, 0.2) is 28.4 Å². The number of aromatic amines is 1. The molecule has 2 aromatic carbocycles. The van der Waals surface area contributed by atoms with E-state index in [4.69, 9.17) is 55.9 Å². The first-order valence-corrected chi connectivity index (χ1v) is 17.7. The molecule has 0 bridgehead atoms. The molecule has 12 nitrogen and oxygen atoms in total. The third kappa shape index (κ3) is 8.74. The molecule has 3 N–H and O–H groups in total. The van der Waals surface area contributed by atoms with Gasteiger partial charge in [0.25, 0.3) is 0 Å². The van der Waals surface area contributed by atoms with Crippen molar-refractivity contribution in [2.75, 3.05) is 35.6 Å². The van der Waals surface area contributed by atoms with Crippen molar-refractivity contribution >= 4 is 91.7 Å². The van der Waals surface area contributed by atoms with Crippen LogP contribution in [-0.2, 0) is 0 Å². The fourth-order valence-electron chi connectivity index (χ4n) is 5.44.